The first kappa shape index (κ1) is 15.4. The van der Waals surface area contributed by atoms with Crippen molar-refractivity contribution in [1.82, 2.24) is 5.43 Å². The molecule has 0 bridgehead atoms. The number of benzene rings is 2. The topological polar surface area (TPSA) is 59.9 Å². The fraction of sp³-hybridized carbons (Fsp3) is 0.176. The number of amides is 1. The number of halogens is 1. The molecule has 1 aliphatic rings. The SMILES string of the molecule is CC(=O)N/N=C(\c1ccc(Cl)cc1)c1ccc2c(c1)OCCO2. The summed E-state index contributed by atoms with van der Waals surface area (Å²) in [7, 11) is 0. The van der Waals surface area contributed by atoms with Gasteiger partial charge in [-0.3, -0.25) is 4.79 Å². The van der Waals surface area contributed by atoms with Crippen molar-refractivity contribution < 1.29 is 14.3 Å². The van der Waals surface area contributed by atoms with Crippen molar-refractivity contribution in [2.24, 2.45) is 5.10 Å². The first-order valence-corrected chi connectivity index (χ1v) is 7.51. The van der Waals surface area contributed by atoms with Crippen LogP contribution in [-0.2, 0) is 4.79 Å². The van der Waals surface area contributed by atoms with Gasteiger partial charge in [-0.05, 0) is 30.3 Å². The second-order valence-electron chi connectivity index (χ2n) is 4.99. The molecule has 6 heteroatoms. The Labute approximate surface area is 138 Å². The summed E-state index contributed by atoms with van der Waals surface area (Å²) >= 11 is 5.94. The van der Waals surface area contributed by atoms with E-state index in [2.05, 4.69) is 10.5 Å². The van der Waals surface area contributed by atoms with E-state index in [1.54, 1.807) is 12.1 Å². The van der Waals surface area contributed by atoms with Gasteiger partial charge < -0.3 is 9.47 Å². The van der Waals surface area contributed by atoms with E-state index in [4.69, 9.17) is 21.1 Å². The van der Waals surface area contributed by atoms with Crippen LogP contribution in [0.2, 0.25) is 5.02 Å². The summed E-state index contributed by atoms with van der Waals surface area (Å²) < 4.78 is 11.1. The van der Waals surface area contributed by atoms with E-state index in [1.165, 1.54) is 6.92 Å². The molecule has 0 saturated carbocycles. The lowest BCUT2D eigenvalue weighted by Crippen LogP contribution is -2.18. The lowest BCUT2D eigenvalue weighted by molar-refractivity contribution is -0.118. The predicted octanol–water partition coefficient (Wildman–Crippen LogP) is 3.00. The average molecular weight is 331 g/mol. The minimum atomic E-state index is -0.242. The van der Waals surface area contributed by atoms with Crippen LogP contribution in [0.25, 0.3) is 0 Å². The standard InChI is InChI=1S/C17H15ClN2O3/c1-11(21)19-20-17(12-2-5-14(18)6-3-12)13-4-7-15-16(10-13)23-9-8-22-15/h2-7,10H,8-9H2,1H3,(H,19,21)/b20-17+. The van der Waals surface area contributed by atoms with E-state index in [1.807, 2.05) is 30.3 Å². The zero-order chi connectivity index (χ0) is 16.2. The van der Waals surface area contributed by atoms with Crippen LogP contribution in [0.4, 0.5) is 0 Å². The molecule has 0 spiro atoms. The molecule has 1 heterocycles. The van der Waals surface area contributed by atoms with Crippen LogP contribution < -0.4 is 14.9 Å². The lowest BCUT2D eigenvalue weighted by Gasteiger charge is -2.19. The van der Waals surface area contributed by atoms with Gasteiger partial charge in [0.2, 0.25) is 5.91 Å². The Bertz CT molecular complexity index is 757. The van der Waals surface area contributed by atoms with Gasteiger partial charge in [-0.25, -0.2) is 5.43 Å². The quantitative estimate of drug-likeness (QED) is 0.695. The van der Waals surface area contributed by atoms with E-state index >= 15 is 0 Å². The number of carbonyl (C=O) groups excluding carboxylic acids is 1. The van der Waals surface area contributed by atoms with E-state index in [-0.39, 0.29) is 5.91 Å². The van der Waals surface area contributed by atoms with Crippen molar-refractivity contribution in [3.8, 4) is 11.5 Å². The molecule has 0 atom stereocenters. The lowest BCUT2D eigenvalue weighted by atomic mass is 10.0. The maximum Gasteiger partial charge on any atom is 0.236 e. The molecule has 1 N–H and O–H groups in total. The first-order valence-electron chi connectivity index (χ1n) is 7.14. The Morgan fingerprint density at radius 3 is 2.39 bits per heavy atom. The van der Waals surface area contributed by atoms with Crippen LogP contribution in [-0.4, -0.2) is 24.8 Å². The molecule has 0 aromatic heterocycles. The molecule has 0 aliphatic carbocycles. The van der Waals surface area contributed by atoms with Gasteiger partial charge in [-0.1, -0.05) is 23.7 Å². The molecule has 1 aliphatic heterocycles. The Hall–Kier alpha value is -2.53. The number of ether oxygens (including phenoxy) is 2. The third-order valence-electron chi connectivity index (χ3n) is 3.26. The van der Waals surface area contributed by atoms with E-state index < -0.39 is 0 Å². The van der Waals surface area contributed by atoms with Gasteiger partial charge in [0.15, 0.2) is 11.5 Å². The van der Waals surface area contributed by atoms with Crippen molar-refractivity contribution in [3.63, 3.8) is 0 Å². The largest absolute Gasteiger partial charge is 0.486 e. The number of fused-ring (bicyclic) bond motifs is 1. The number of hydrogen-bond acceptors (Lipinski definition) is 4. The Balaban J connectivity index is 2.02. The van der Waals surface area contributed by atoms with Gasteiger partial charge in [0.05, 0.1) is 5.71 Å². The van der Waals surface area contributed by atoms with Crippen molar-refractivity contribution in [1.29, 1.82) is 0 Å². The third kappa shape index (κ3) is 3.63. The van der Waals surface area contributed by atoms with Crippen LogP contribution in [0, 0.1) is 0 Å². The van der Waals surface area contributed by atoms with Gasteiger partial charge in [0.25, 0.3) is 0 Å². The zero-order valence-corrected chi connectivity index (χ0v) is 13.3. The number of hydrogen-bond donors (Lipinski definition) is 1. The van der Waals surface area contributed by atoms with Crippen molar-refractivity contribution in [2.75, 3.05) is 13.2 Å². The van der Waals surface area contributed by atoms with Gasteiger partial charge in [-0.15, -0.1) is 0 Å². The number of nitrogens with zero attached hydrogens (tertiary/aromatic N) is 1. The minimum absolute atomic E-state index is 0.242. The predicted molar refractivity (Wildman–Crippen MR) is 88.3 cm³/mol. The third-order valence-corrected chi connectivity index (χ3v) is 3.51. The van der Waals surface area contributed by atoms with Gasteiger partial charge in [0, 0.05) is 23.1 Å². The van der Waals surface area contributed by atoms with Crippen LogP contribution in [0.5, 0.6) is 11.5 Å². The summed E-state index contributed by atoms with van der Waals surface area (Å²) in [5.41, 5.74) is 4.74. The molecule has 3 rings (SSSR count). The Kier molecular flexibility index (Phi) is 4.48. The highest BCUT2D eigenvalue weighted by atomic mass is 35.5. The van der Waals surface area contributed by atoms with E-state index in [0.29, 0.717) is 35.4 Å². The van der Waals surface area contributed by atoms with Crippen molar-refractivity contribution in [3.05, 3.63) is 58.6 Å². The van der Waals surface area contributed by atoms with Gasteiger partial charge in [-0.2, -0.15) is 5.10 Å². The number of hydrazone groups is 1. The molecule has 0 unspecified atom stereocenters. The van der Waals surface area contributed by atoms with Gasteiger partial charge >= 0.3 is 0 Å². The average Bonchev–Trinajstić information content (AvgIpc) is 2.56. The van der Waals surface area contributed by atoms with E-state index in [9.17, 15) is 4.79 Å². The molecule has 2 aromatic rings. The summed E-state index contributed by atoms with van der Waals surface area (Å²) in [5.74, 6) is 1.13. The monoisotopic (exact) mass is 330 g/mol. The Morgan fingerprint density at radius 2 is 1.70 bits per heavy atom. The molecular formula is C17H15ClN2O3. The summed E-state index contributed by atoms with van der Waals surface area (Å²) in [6, 6.07) is 12.8. The molecule has 0 saturated heterocycles. The first-order chi connectivity index (χ1) is 11.1. The minimum Gasteiger partial charge on any atom is -0.486 e. The molecular weight excluding hydrogens is 316 g/mol. The maximum atomic E-state index is 11.2. The number of nitrogens with one attached hydrogen (secondary N) is 1. The van der Waals surface area contributed by atoms with Crippen LogP contribution in [0.15, 0.2) is 47.6 Å². The fourth-order valence-electron chi connectivity index (χ4n) is 2.23. The highest BCUT2D eigenvalue weighted by Crippen LogP contribution is 2.31. The highest BCUT2D eigenvalue weighted by Gasteiger charge is 2.15. The summed E-state index contributed by atoms with van der Waals surface area (Å²) in [6.45, 7) is 2.46. The molecule has 0 fully saturated rings. The molecule has 118 valence electrons. The number of carbonyl (C=O) groups is 1. The van der Waals surface area contributed by atoms with Crippen LogP contribution >= 0.6 is 11.6 Å². The number of rotatable bonds is 3. The Morgan fingerprint density at radius 1 is 1.04 bits per heavy atom. The smallest absolute Gasteiger partial charge is 0.236 e. The molecule has 2 aromatic carbocycles. The van der Waals surface area contributed by atoms with Crippen molar-refractivity contribution >= 4 is 23.2 Å². The molecule has 5 nitrogen and oxygen atoms in total. The fourth-order valence-corrected chi connectivity index (χ4v) is 2.35. The second kappa shape index (κ2) is 6.71. The highest BCUT2D eigenvalue weighted by molar-refractivity contribution is 6.30. The van der Waals surface area contributed by atoms with Crippen LogP contribution in [0.1, 0.15) is 18.1 Å². The van der Waals surface area contributed by atoms with Gasteiger partial charge in [0.1, 0.15) is 13.2 Å². The van der Waals surface area contributed by atoms with Crippen molar-refractivity contribution in [2.45, 2.75) is 6.92 Å². The summed E-state index contributed by atoms with van der Waals surface area (Å²) in [6.07, 6.45) is 0. The molecule has 0 radical (unpaired) electrons. The summed E-state index contributed by atoms with van der Waals surface area (Å²) in [5, 5.41) is 4.85. The summed E-state index contributed by atoms with van der Waals surface area (Å²) in [4.78, 5) is 11.2. The maximum absolute atomic E-state index is 11.2. The zero-order valence-electron chi connectivity index (χ0n) is 12.5. The molecule has 23 heavy (non-hydrogen) atoms. The van der Waals surface area contributed by atoms with Crippen LogP contribution in [0.3, 0.4) is 0 Å². The van der Waals surface area contributed by atoms with E-state index in [0.717, 1.165) is 11.1 Å². The normalized spacial score (nSPS) is 13.6. The second-order valence-corrected chi connectivity index (χ2v) is 5.43. The molecule has 1 amide bonds.